The molecule has 0 spiro atoms. The minimum absolute atomic E-state index is 0.108. The molecule has 2 fully saturated rings. The van der Waals surface area contributed by atoms with Gasteiger partial charge < -0.3 is 9.29 Å². The van der Waals surface area contributed by atoms with Crippen LogP contribution in [0.2, 0.25) is 0 Å². The van der Waals surface area contributed by atoms with E-state index in [1.807, 2.05) is 6.92 Å². The highest BCUT2D eigenvalue weighted by atomic mass is 32.2. The molecule has 0 heterocycles. The molecule has 0 amide bonds. The number of hydrogen-bond donors (Lipinski definition) is 1. The summed E-state index contributed by atoms with van der Waals surface area (Å²) in [6.45, 7) is 4.04. The van der Waals surface area contributed by atoms with Gasteiger partial charge in [-0.25, -0.2) is 0 Å². The maximum absolute atomic E-state index is 12.4. The average Bonchev–Trinajstić information content (AvgIpc) is 3.25. The van der Waals surface area contributed by atoms with Crippen LogP contribution in [0.1, 0.15) is 31.7 Å². The SMILES string of the molecule is CC[C@H]1C[C@H]1[C@@]1(O)/C(=C\OS(=O)(=O)c2ccc(C)cc2)[C@@H]2C=CC[C@@H]21. The monoisotopic (exact) mass is 360 g/mol. The van der Waals surface area contributed by atoms with Crippen LogP contribution in [0, 0.1) is 30.6 Å². The molecule has 1 aromatic rings. The summed E-state index contributed by atoms with van der Waals surface area (Å²) in [6, 6.07) is 6.58. The van der Waals surface area contributed by atoms with Gasteiger partial charge in [0, 0.05) is 17.4 Å². The second kappa shape index (κ2) is 5.71. The van der Waals surface area contributed by atoms with Gasteiger partial charge in [0.25, 0.3) is 0 Å². The van der Waals surface area contributed by atoms with Crippen LogP contribution >= 0.6 is 0 Å². The minimum atomic E-state index is -3.86. The van der Waals surface area contributed by atoms with Gasteiger partial charge in [0.1, 0.15) is 11.2 Å². The quantitative estimate of drug-likeness (QED) is 0.495. The Kier molecular flexibility index (Phi) is 3.85. The molecule has 3 aliphatic carbocycles. The standard InChI is InChI=1S/C20H24O4S/c1-3-14-11-18(14)20(21)17-6-4-5-16(17)19(20)12-24-25(22,23)15-9-7-13(2)8-10-15/h4-5,7-10,12,14,16-18,21H,3,6,11H2,1-2H3/b19-12-/t14-,16+,17-,18+,20+/m0/s1. The van der Waals surface area contributed by atoms with Crippen molar-refractivity contribution in [1.29, 1.82) is 0 Å². The van der Waals surface area contributed by atoms with Crippen molar-refractivity contribution >= 4 is 10.1 Å². The first-order valence-corrected chi connectivity index (χ1v) is 10.4. The molecule has 3 aliphatic rings. The molecule has 1 N–H and O–H groups in total. The average molecular weight is 360 g/mol. The third-order valence-electron chi connectivity index (χ3n) is 6.18. The lowest BCUT2D eigenvalue weighted by Gasteiger charge is -2.51. The van der Waals surface area contributed by atoms with E-state index in [4.69, 9.17) is 4.18 Å². The van der Waals surface area contributed by atoms with Gasteiger partial charge in [-0.15, -0.1) is 0 Å². The largest absolute Gasteiger partial charge is 0.387 e. The lowest BCUT2D eigenvalue weighted by molar-refractivity contribution is -0.0770. The molecule has 4 rings (SSSR count). The van der Waals surface area contributed by atoms with E-state index in [-0.39, 0.29) is 22.6 Å². The van der Waals surface area contributed by atoms with E-state index < -0.39 is 15.7 Å². The van der Waals surface area contributed by atoms with E-state index in [0.717, 1.165) is 30.4 Å². The lowest BCUT2D eigenvalue weighted by Crippen LogP contribution is -2.56. The van der Waals surface area contributed by atoms with Gasteiger partial charge in [0.2, 0.25) is 0 Å². The van der Waals surface area contributed by atoms with E-state index in [0.29, 0.717) is 5.92 Å². The second-order valence-corrected chi connectivity index (χ2v) is 9.14. The summed E-state index contributed by atoms with van der Waals surface area (Å²) < 4.78 is 30.1. The third kappa shape index (κ3) is 2.56. The van der Waals surface area contributed by atoms with Crippen molar-refractivity contribution in [3.63, 3.8) is 0 Å². The molecule has 25 heavy (non-hydrogen) atoms. The van der Waals surface area contributed by atoms with Gasteiger partial charge in [0.05, 0.1) is 5.60 Å². The molecule has 0 aromatic heterocycles. The summed E-state index contributed by atoms with van der Waals surface area (Å²) in [5.41, 5.74) is 0.810. The fourth-order valence-corrected chi connectivity index (χ4v) is 5.40. The predicted octanol–water partition coefficient (Wildman–Crippen LogP) is 3.57. The third-order valence-corrected chi connectivity index (χ3v) is 7.38. The first kappa shape index (κ1) is 16.9. The normalized spacial score (nSPS) is 37.6. The van der Waals surface area contributed by atoms with Gasteiger partial charge >= 0.3 is 10.1 Å². The van der Waals surface area contributed by atoms with E-state index in [1.54, 1.807) is 24.3 Å². The van der Waals surface area contributed by atoms with Crippen LogP contribution in [0.4, 0.5) is 0 Å². The van der Waals surface area contributed by atoms with Crippen LogP contribution in [0.5, 0.6) is 0 Å². The van der Waals surface area contributed by atoms with Crippen molar-refractivity contribution in [2.45, 2.75) is 43.6 Å². The smallest absolute Gasteiger partial charge is 0.338 e. The number of hydrogen-bond acceptors (Lipinski definition) is 4. The number of aliphatic hydroxyl groups is 1. The molecule has 4 nitrogen and oxygen atoms in total. The van der Waals surface area contributed by atoms with Crippen LogP contribution in [0.3, 0.4) is 0 Å². The van der Waals surface area contributed by atoms with Crippen molar-refractivity contribution in [1.82, 2.24) is 0 Å². The Balaban J connectivity index is 1.59. The molecule has 134 valence electrons. The summed E-state index contributed by atoms with van der Waals surface area (Å²) in [7, 11) is -3.86. The highest BCUT2D eigenvalue weighted by Gasteiger charge is 2.66. The molecular weight excluding hydrogens is 336 g/mol. The zero-order chi connectivity index (χ0) is 17.8. The van der Waals surface area contributed by atoms with E-state index in [2.05, 4.69) is 19.1 Å². The molecule has 0 saturated heterocycles. The van der Waals surface area contributed by atoms with Crippen LogP contribution in [-0.2, 0) is 14.3 Å². The summed E-state index contributed by atoms with van der Waals surface area (Å²) in [5.74, 6) is 1.04. The number of benzene rings is 1. The molecule has 0 bridgehead atoms. The highest BCUT2D eigenvalue weighted by Crippen LogP contribution is 2.65. The van der Waals surface area contributed by atoms with E-state index >= 15 is 0 Å². The topological polar surface area (TPSA) is 63.6 Å². The first-order valence-electron chi connectivity index (χ1n) is 8.97. The number of allylic oxidation sites excluding steroid dienone is 2. The zero-order valence-electron chi connectivity index (χ0n) is 14.6. The van der Waals surface area contributed by atoms with Crippen molar-refractivity contribution in [2.24, 2.45) is 23.7 Å². The van der Waals surface area contributed by atoms with Crippen LogP contribution < -0.4 is 0 Å². The Bertz CT molecular complexity index is 837. The predicted molar refractivity (Wildman–Crippen MR) is 95.1 cm³/mol. The molecular formula is C20H24O4S. The maximum Gasteiger partial charge on any atom is 0.338 e. The molecule has 0 aliphatic heterocycles. The van der Waals surface area contributed by atoms with E-state index in [9.17, 15) is 13.5 Å². The summed E-state index contributed by atoms with van der Waals surface area (Å²) in [4.78, 5) is 0.134. The number of rotatable bonds is 5. The Labute approximate surface area is 149 Å². The van der Waals surface area contributed by atoms with Crippen molar-refractivity contribution in [3.05, 3.63) is 53.8 Å². The van der Waals surface area contributed by atoms with Gasteiger partial charge in [-0.3, -0.25) is 0 Å². The fraction of sp³-hybridized carbons (Fsp3) is 0.500. The minimum Gasteiger partial charge on any atom is -0.387 e. The zero-order valence-corrected chi connectivity index (χ0v) is 15.4. The van der Waals surface area contributed by atoms with Crippen LogP contribution in [0.15, 0.2) is 53.1 Å². The summed E-state index contributed by atoms with van der Waals surface area (Å²) in [6.07, 6.45) is 8.37. The van der Waals surface area contributed by atoms with Crippen molar-refractivity contribution in [2.75, 3.05) is 0 Å². The van der Waals surface area contributed by atoms with Gasteiger partial charge in [-0.2, -0.15) is 8.42 Å². The van der Waals surface area contributed by atoms with Gasteiger partial charge in [-0.05, 0) is 43.7 Å². The second-order valence-electron chi connectivity index (χ2n) is 7.57. The van der Waals surface area contributed by atoms with Gasteiger partial charge in [0.15, 0.2) is 0 Å². The molecule has 0 radical (unpaired) electrons. The highest BCUT2D eigenvalue weighted by molar-refractivity contribution is 7.86. The molecule has 1 aromatic carbocycles. The summed E-state index contributed by atoms with van der Waals surface area (Å²) >= 11 is 0. The van der Waals surface area contributed by atoms with E-state index in [1.165, 1.54) is 6.26 Å². The van der Waals surface area contributed by atoms with Crippen molar-refractivity contribution < 1.29 is 17.7 Å². The Morgan fingerprint density at radius 2 is 2.00 bits per heavy atom. The Morgan fingerprint density at radius 1 is 1.28 bits per heavy atom. The summed E-state index contributed by atoms with van der Waals surface area (Å²) in [5, 5.41) is 11.3. The number of aryl methyl sites for hydroxylation is 1. The molecule has 0 unspecified atom stereocenters. The Morgan fingerprint density at radius 3 is 2.64 bits per heavy atom. The van der Waals surface area contributed by atoms with Gasteiger partial charge in [-0.1, -0.05) is 43.2 Å². The molecule has 5 heteroatoms. The number of fused-ring (bicyclic) bond motifs is 1. The Hall–Kier alpha value is -1.59. The molecule has 5 atom stereocenters. The van der Waals surface area contributed by atoms with Crippen molar-refractivity contribution in [3.8, 4) is 0 Å². The van der Waals surface area contributed by atoms with Crippen LogP contribution in [0.25, 0.3) is 0 Å². The maximum atomic E-state index is 12.4. The van der Waals surface area contributed by atoms with Crippen LogP contribution in [-0.4, -0.2) is 19.1 Å². The fourth-order valence-electron chi connectivity index (χ4n) is 4.59. The lowest BCUT2D eigenvalue weighted by atomic mass is 9.56. The molecule has 2 saturated carbocycles. The first-order chi connectivity index (χ1) is 11.9.